The van der Waals surface area contributed by atoms with Crippen molar-refractivity contribution in [3.8, 4) is 11.5 Å². The molecule has 0 amide bonds. The Morgan fingerprint density at radius 2 is 1.81 bits per heavy atom. The highest BCUT2D eigenvalue weighted by atomic mass is 16.5. The van der Waals surface area contributed by atoms with Crippen LogP contribution in [0.2, 0.25) is 0 Å². The van der Waals surface area contributed by atoms with Crippen molar-refractivity contribution in [1.29, 1.82) is 0 Å². The molecule has 1 unspecified atom stereocenters. The maximum absolute atomic E-state index is 5.44. The summed E-state index contributed by atoms with van der Waals surface area (Å²) >= 11 is 0. The molecule has 0 heterocycles. The molecule has 1 aliphatic rings. The van der Waals surface area contributed by atoms with Crippen LogP contribution in [0.1, 0.15) is 57.1 Å². The lowest BCUT2D eigenvalue weighted by Gasteiger charge is -2.27. The van der Waals surface area contributed by atoms with Gasteiger partial charge in [-0.3, -0.25) is 0 Å². The van der Waals surface area contributed by atoms with Gasteiger partial charge in [-0.2, -0.15) is 0 Å². The molecule has 0 aromatic heterocycles. The summed E-state index contributed by atoms with van der Waals surface area (Å²) in [6.45, 7) is 3.17. The lowest BCUT2D eigenvalue weighted by molar-refractivity contribution is 0.300. The summed E-state index contributed by atoms with van der Waals surface area (Å²) in [5.41, 5.74) is 1.31. The Hall–Kier alpha value is -1.22. The van der Waals surface area contributed by atoms with Crippen molar-refractivity contribution < 1.29 is 9.47 Å². The van der Waals surface area contributed by atoms with E-state index in [9.17, 15) is 0 Å². The number of hydrogen-bond acceptors (Lipinski definition) is 3. The van der Waals surface area contributed by atoms with E-state index >= 15 is 0 Å². The molecule has 0 bridgehead atoms. The molecule has 0 aliphatic heterocycles. The van der Waals surface area contributed by atoms with Gasteiger partial charge in [0, 0.05) is 6.04 Å². The minimum Gasteiger partial charge on any atom is -0.493 e. The van der Waals surface area contributed by atoms with Crippen molar-refractivity contribution in [1.82, 2.24) is 5.32 Å². The van der Waals surface area contributed by atoms with Gasteiger partial charge in [-0.05, 0) is 36.6 Å². The van der Waals surface area contributed by atoms with Gasteiger partial charge in [-0.15, -0.1) is 0 Å². The maximum Gasteiger partial charge on any atom is 0.161 e. The van der Waals surface area contributed by atoms with Crippen LogP contribution in [0, 0.1) is 5.92 Å². The van der Waals surface area contributed by atoms with Crippen molar-refractivity contribution in [3.05, 3.63) is 23.8 Å². The summed E-state index contributed by atoms with van der Waals surface area (Å²) in [6.07, 6.45) is 8.21. The first-order valence-corrected chi connectivity index (χ1v) is 8.23. The average Bonchev–Trinajstić information content (AvgIpc) is 2.54. The third-order valence-corrected chi connectivity index (χ3v) is 4.55. The molecule has 3 nitrogen and oxygen atoms in total. The van der Waals surface area contributed by atoms with Gasteiger partial charge in [0.2, 0.25) is 0 Å². The first-order valence-electron chi connectivity index (χ1n) is 8.23. The zero-order chi connectivity index (χ0) is 15.1. The van der Waals surface area contributed by atoms with Crippen molar-refractivity contribution in [3.63, 3.8) is 0 Å². The summed E-state index contributed by atoms with van der Waals surface area (Å²) in [4.78, 5) is 0. The molecule has 118 valence electrons. The van der Waals surface area contributed by atoms with Gasteiger partial charge in [0.25, 0.3) is 0 Å². The molecule has 1 atom stereocenters. The Kier molecular flexibility index (Phi) is 6.37. The van der Waals surface area contributed by atoms with Crippen LogP contribution in [0.25, 0.3) is 0 Å². The highest BCUT2D eigenvalue weighted by Gasteiger charge is 2.20. The molecule has 1 saturated carbocycles. The third kappa shape index (κ3) is 4.37. The highest BCUT2D eigenvalue weighted by molar-refractivity contribution is 5.43. The number of methoxy groups -OCH3 is 2. The normalized spacial score (nSPS) is 17.5. The van der Waals surface area contributed by atoms with Crippen LogP contribution in [-0.4, -0.2) is 20.8 Å². The molecular formula is C18H29NO2. The molecule has 1 aromatic carbocycles. The Labute approximate surface area is 129 Å². The minimum atomic E-state index is 0.415. The van der Waals surface area contributed by atoms with Gasteiger partial charge >= 0.3 is 0 Å². The van der Waals surface area contributed by atoms with Crippen LogP contribution < -0.4 is 14.8 Å². The summed E-state index contributed by atoms with van der Waals surface area (Å²) in [5, 5.41) is 3.64. The fourth-order valence-electron chi connectivity index (χ4n) is 3.41. The second-order valence-corrected chi connectivity index (χ2v) is 5.96. The van der Waals surface area contributed by atoms with E-state index < -0.39 is 0 Å². The summed E-state index contributed by atoms with van der Waals surface area (Å²) in [7, 11) is 3.38. The highest BCUT2D eigenvalue weighted by Crippen LogP contribution is 2.35. The molecule has 1 N–H and O–H groups in total. The van der Waals surface area contributed by atoms with Crippen molar-refractivity contribution in [2.24, 2.45) is 5.92 Å². The smallest absolute Gasteiger partial charge is 0.161 e. The predicted octanol–water partition coefficient (Wildman–Crippen LogP) is 4.32. The quantitative estimate of drug-likeness (QED) is 0.811. The lowest BCUT2D eigenvalue weighted by Crippen LogP contribution is -2.24. The van der Waals surface area contributed by atoms with E-state index in [0.717, 1.165) is 24.0 Å². The standard InChI is InChI=1S/C18H29NO2/c1-4-19-16(12-14-8-6-5-7-9-14)15-10-11-17(20-2)18(13-15)21-3/h10-11,13-14,16,19H,4-9,12H2,1-3H3. The molecule has 3 heteroatoms. The number of hydrogen-bond donors (Lipinski definition) is 1. The van der Waals surface area contributed by atoms with Gasteiger partial charge < -0.3 is 14.8 Å². The second-order valence-electron chi connectivity index (χ2n) is 5.96. The molecular weight excluding hydrogens is 262 g/mol. The van der Waals surface area contributed by atoms with E-state index in [0.29, 0.717) is 6.04 Å². The molecule has 21 heavy (non-hydrogen) atoms. The van der Waals surface area contributed by atoms with Crippen LogP contribution >= 0.6 is 0 Å². The lowest BCUT2D eigenvalue weighted by atomic mass is 9.83. The molecule has 0 radical (unpaired) electrons. The van der Waals surface area contributed by atoms with Crippen molar-refractivity contribution in [2.75, 3.05) is 20.8 Å². The van der Waals surface area contributed by atoms with Gasteiger partial charge in [-0.1, -0.05) is 45.1 Å². The van der Waals surface area contributed by atoms with E-state index in [-0.39, 0.29) is 0 Å². The van der Waals surface area contributed by atoms with Crippen molar-refractivity contribution >= 4 is 0 Å². The topological polar surface area (TPSA) is 30.5 Å². The molecule has 1 aliphatic carbocycles. The molecule has 1 aromatic rings. The molecule has 0 spiro atoms. The predicted molar refractivity (Wildman–Crippen MR) is 87.2 cm³/mol. The second kappa shape index (κ2) is 8.28. The van der Waals surface area contributed by atoms with E-state index in [1.54, 1.807) is 14.2 Å². The number of benzene rings is 1. The van der Waals surface area contributed by atoms with Crippen LogP contribution in [0.4, 0.5) is 0 Å². The number of ether oxygens (including phenoxy) is 2. The number of nitrogens with one attached hydrogen (secondary N) is 1. The zero-order valence-corrected chi connectivity index (χ0v) is 13.7. The number of rotatable bonds is 7. The van der Waals surface area contributed by atoms with Crippen LogP contribution in [-0.2, 0) is 0 Å². The Morgan fingerprint density at radius 1 is 1.10 bits per heavy atom. The van der Waals surface area contributed by atoms with Crippen molar-refractivity contribution in [2.45, 2.75) is 51.5 Å². The summed E-state index contributed by atoms with van der Waals surface area (Å²) < 4.78 is 10.8. The maximum atomic E-state index is 5.44. The minimum absolute atomic E-state index is 0.415. The van der Waals surface area contributed by atoms with Crippen LogP contribution in [0.3, 0.4) is 0 Å². The molecule has 2 rings (SSSR count). The Morgan fingerprint density at radius 3 is 2.43 bits per heavy atom. The SMILES string of the molecule is CCNC(CC1CCCCC1)c1ccc(OC)c(OC)c1. The summed E-state index contributed by atoms with van der Waals surface area (Å²) in [5.74, 6) is 2.48. The molecule has 1 fully saturated rings. The first kappa shape index (κ1) is 16.2. The van der Waals surface area contributed by atoms with Gasteiger partial charge in [0.1, 0.15) is 0 Å². The fourth-order valence-corrected chi connectivity index (χ4v) is 3.41. The first-order chi connectivity index (χ1) is 10.3. The fraction of sp³-hybridized carbons (Fsp3) is 0.667. The van der Waals surface area contributed by atoms with E-state index in [4.69, 9.17) is 9.47 Å². The van der Waals surface area contributed by atoms with E-state index in [2.05, 4.69) is 24.4 Å². The van der Waals surface area contributed by atoms with E-state index in [1.165, 1.54) is 44.1 Å². The van der Waals surface area contributed by atoms with Gasteiger partial charge in [-0.25, -0.2) is 0 Å². The van der Waals surface area contributed by atoms with E-state index in [1.807, 2.05) is 6.07 Å². The van der Waals surface area contributed by atoms with Gasteiger partial charge in [0.05, 0.1) is 14.2 Å². The van der Waals surface area contributed by atoms with Crippen LogP contribution in [0.5, 0.6) is 11.5 Å². The largest absolute Gasteiger partial charge is 0.493 e. The Balaban J connectivity index is 2.12. The summed E-state index contributed by atoms with van der Waals surface area (Å²) in [6, 6.07) is 6.71. The average molecular weight is 291 g/mol. The monoisotopic (exact) mass is 291 g/mol. The third-order valence-electron chi connectivity index (χ3n) is 4.55. The van der Waals surface area contributed by atoms with Gasteiger partial charge in [0.15, 0.2) is 11.5 Å². The Bertz CT molecular complexity index is 427. The van der Waals surface area contributed by atoms with Crippen LogP contribution in [0.15, 0.2) is 18.2 Å². The molecule has 0 saturated heterocycles. The zero-order valence-electron chi connectivity index (χ0n) is 13.7.